The van der Waals surface area contributed by atoms with Crippen molar-refractivity contribution < 1.29 is 9.72 Å². The van der Waals surface area contributed by atoms with E-state index in [2.05, 4.69) is 17.2 Å². The Kier molecular flexibility index (Phi) is 8.38. The fourth-order valence-electron chi connectivity index (χ4n) is 2.01. The molecule has 0 spiro atoms. The van der Waals surface area contributed by atoms with Crippen LogP contribution in [-0.4, -0.2) is 60.8 Å². The number of amides is 1. The number of nitro groups is 1. The molecule has 0 aromatic heterocycles. The van der Waals surface area contributed by atoms with Crippen LogP contribution in [0.2, 0.25) is 0 Å². The zero-order chi connectivity index (χ0) is 18.8. The van der Waals surface area contributed by atoms with E-state index in [0.717, 1.165) is 24.9 Å². The summed E-state index contributed by atoms with van der Waals surface area (Å²) in [5, 5.41) is 13.8. The van der Waals surface area contributed by atoms with Crippen molar-refractivity contribution in [2.75, 3.05) is 34.2 Å². The predicted octanol–water partition coefficient (Wildman–Crippen LogP) is 1.86. The van der Waals surface area contributed by atoms with Gasteiger partial charge in [-0.25, -0.2) is 4.99 Å². The van der Waals surface area contributed by atoms with E-state index in [0.29, 0.717) is 12.5 Å². The quantitative estimate of drug-likeness (QED) is 0.335. The summed E-state index contributed by atoms with van der Waals surface area (Å²) in [6.45, 7) is 3.50. The Morgan fingerprint density at radius 2 is 1.88 bits per heavy atom. The van der Waals surface area contributed by atoms with E-state index in [1.54, 1.807) is 26.2 Å². The number of carbonyl (C=O) groups is 1. The maximum absolute atomic E-state index is 11.8. The van der Waals surface area contributed by atoms with Gasteiger partial charge in [-0.1, -0.05) is 25.5 Å². The second kappa shape index (κ2) is 10.3. The highest BCUT2D eigenvalue weighted by Crippen LogP contribution is 2.12. The zero-order valence-corrected chi connectivity index (χ0v) is 15.4. The zero-order valence-electron chi connectivity index (χ0n) is 15.4. The molecule has 0 radical (unpaired) electrons. The smallest absolute Gasteiger partial charge is 0.269 e. The third kappa shape index (κ3) is 7.19. The summed E-state index contributed by atoms with van der Waals surface area (Å²) < 4.78 is 0. The number of hydrogen-bond acceptors (Lipinski definition) is 4. The van der Waals surface area contributed by atoms with Gasteiger partial charge in [0.1, 0.15) is 0 Å². The molecule has 0 saturated heterocycles. The van der Waals surface area contributed by atoms with Gasteiger partial charge in [0.25, 0.3) is 5.69 Å². The third-order valence-corrected chi connectivity index (χ3v) is 3.66. The molecule has 0 aliphatic carbocycles. The molecule has 0 unspecified atom stereocenters. The molecule has 0 atom stereocenters. The molecular formula is C17H27N5O3. The number of rotatable bonds is 8. The highest BCUT2D eigenvalue weighted by molar-refractivity contribution is 5.86. The van der Waals surface area contributed by atoms with Crippen LogP contribution in [0.15, 0.2) is 29.3 Å². The molecule has 25 heavy (non-hydrogen) atoms. The largest absolute Gasteiger partial charge is 0.347 e. The Morgan fingerprint density at radius 1 is 1.24 bits per heavy atom. The summed E-state index contributed by atoms with van der Waals surface area (Å²) in [7, 11) is 5.34. The average Bonchev–Trinajstić information content (AvgIpc) is 2.59. The summed E-state index contributed by atoms with van der Waals surface area (Å²) in [4.78, 5) is 30.1. The number of nitro benzene ring substituents is 1. The van der Waals surface area contributed by atoms with Crippen LogP contribution in [-0.2, 0) is 11.3 Å². The van der Waals surface area contributed by atoms with Crippen molar-refractivity contribution in [1.82, 2.24) is 15.1 Å². The molecule has 1 amide bonds. The second-order valence-corrected chi connectivity index (χ2v) is 5.98. The Labute approximate surface area is 148 Å². The van der Waals surface area contributed by atoms with E-state index in [1.165, 1.54) is 17.0 Å². The summed E-state index contributed by atoms with van der Waals surface area (Å²) in [5.74, 6) is 0.605. The number of benzene rings is 1. The van der Waals surface area contributed by atoms with Crippen molar-refractivity contribution in [3.8, 4) is 0 Å². The van der Waals surface area contributed by atoms with Crippen molar-refractivity contribution in [1.29, 1.82) is 0 Å². The Morgan fingerprint density at radius 3 is 2.40 bits per heavy atom. The van der Waals surface area contributed by atoms with Crippen LogP contribution < -0.4 is 5.32 Å². The van der Waals surface area contributed by atoms with Crippen LogP contribution in [0.25, 0.3) is 0 Å². The van der Waals surface area contributed by atoms with Crippen molar-refractivity contribution in [2.45, 2.75) is 26.3 Å². The fraction of sp³-hybridized carbons (Fsp3) is 0.529. The van der Waals surface area contributed by atoms with Gasteiger partial charge >= 0.3 is 0 Å². The SMILES string of the molecule is CCCCN(C)C(=NCc1ccc([N+](=O)[O-])cc1)NCC(=O)N(C)C. The van der Waals surface area contributed by atoms with Crippen molar-refractivity contribution in [2.24, 2.45) is 4.99 Å². The lowest BCUT2D eigenvalue weighted by Gasteiger charge is -2.23. The highest BCUT2D eigenvalue weighted by Gasteiger charge is 2.10. The number of unbranched alkanes of at least 4 members (excludes halogenated alkanes) is 1. The number of non-ortho nitro benzene ring substituents is 1. The van der Waals surface area contributed by atoms with Crippen LogP contribution in [0, 0.1) is 10.1 Å². The van der Waals surface area contributed by atoms with Crippen molar-refractivity contribution in [3.63, 3.8) is 0 Å². The second-order valence-electron chi connectivity index (χ2n) is 5.98. The van der Waals surface area contributed by atoms with Gasteiger partial charge < -0.3 is 15.1 Å². The van der Waals surface area contributed by atoms with Crippen LogP contribution in [0.1, 0.15) is 25.3 Å². The number of aliphatic imine (C=N–C) groups is 1. The highest BCUT2D eigenvalue weighted by atomic mass is 16.6. The first-order chi connectivity index (χ1) is 11.8. The van der Waals surface area contributed by atoms with Crippen LogP contribution in [0.5, 0.6) is 0 Å². The molecule has 1 N–H and O–H groups in total. The minimum absolute atomic E-state index is 0.0353. The monoisotopic (exact) mass is 349 g/mol. The van der Waals surface area contributed by atoms with E-state index in [9.17, 15) is 14.9 Å². The summed E-state index contributed by atoms with van der Waals surface area (Å²) in [6, 6.07) is 6.31. The van der Waals surface area contributed by atoms with Crippen LogP contribution >= 0.6 is 0 Å². The van der Waals surface area contributed by atoms with E-state index in [4.69, 9.17) is 0 Å². The number of guanidine groups is 1. The van der Waals surface area contributed by atoms with Gasteiger partial charge in [-0.3, -0.25) is 14.9 Å². The van der Waals surface area contributed by atoms with Gasteiger partial charge in [-0.2, -0.15) is 0 Å². The van der Waals surface area contributed by atoms with Gasteiger partial charge in [-0.15, -0.1) is 0 Å². The Bertz CT molecular complexity index is 599. The lowest BCUT2D eigenvalue weighted by Crippen LogP contribution is -2.44. The van der Waals surface area contributed by atoms with Crippen LogP contribution in [0.4, 0.5) is 5.69 Å². The van der Waals surface area contributed by atoms with Gasteiger partial charge in [0.15, 0.2) is 5.96 Å². The van der Waals surface area contributed by atoms with Crippen molar-refractivity contribution in [3.05, 3.63) is 39.9 Å². The Balaban J connectivity index is 2.79. The van der Waals surface area contributed by atoms with Gasteiger partial charge in [-0.05, 0) is 12.0 Å². The molecule has 0 fully saturated rings. The number of hydrogen-bond donors (Lipinski definition) is 1. The fourth-order valence-corrected chi connectivity index (χ4v) is 2.01. The first-order valence-electron chi connectivity index (χ1n) is 8.28. The predicted molar refractivity (Wildman–Crippen MR) is 98.5 cm³/mol. The summed E-state index contributed by atoms with van der Waals surface area (Å²) in [5.41, 5.74) is 0.926. The first kappa shape index (κ1) is 20.4. The lowest BCUT2D eigenvalue weighted by atomic mass is 10.2. The summed E-state index contributed by atoms with van der Waals surface area (Å²) >= 11 is 0. The van der Waals surface area contributed by atoms with Gasteiger partial charge in [0.2, 0.25) is 5.91 Å². The van der Waals surface area contributed by atoms with Gasteiger partial charge in [0, 0.05) is 39.8 Å². The van der Waals surface area contributed by atoms with Crippen molar-refractivity contribution >= 4 is 17.6 Å². The topological polar surface area (TPSA) is 91.1 Å². The van der Waals surface area contributed by atoms with E-state index < -0.39 is 4.92 Å². The van der Waals surface area contributed by atoms with Crippen LogP contribution in [0.3, 0.4) is 0 Å². The number of nitrogens with zero attached hydrogens (tertiary/aromatic N) is 4. The van der Waals surface area contributed by atoms with E-state index >= 15 is 0 Å². The number of likely N-dealkylation sites (N-methyl/N-ethyl adjacent to an activating group) is 1. The number of carbonyl (C=O) groups excluding carboxylic acids is 1. The maximum atomic E-state index is 11.8. The van der Waals surface area contributed by atoms with E-state index in [1.807, 2.05) is 11.9 Å². The molecular weight excluding hydrogens is 322 g/mol. The molecule has 0 bridgehead atoms. The molecule has 0 aliphatic rings. The normalized spacial score (nSPS) is 11.1. The average molecular weight is 349 g/mol. The standard InChI is InChI=1S/C17H27N5O3/c1-5-6-11-21(4)17(19-13-16(23)20(2)3)18-12-14-7-9-15(10-8-14)22(24)25/h7-10H,5-6,11-13H2,1-4H3,(H,18,19). The first-order valence-corrected chi connectivity index (χ1v) is 8.28. The molecule has 0 saturated carbocycles. The van der Waals surface area contributed by atoms with Gasteiger partial charge in [0.05, 0.1) is 18.0 Å². The molecule has 0 aliphatic heterocycles. The molecule has 8 heteroatoms. The third-order valence-electron chi connectivity index (χ3n) is 3.66. The molecule has 1 aromatic carbocycles. The molecule has 1 aromatic rings. The summed E-state index contributed by atoms with van der Waals surface area (Å²) in [6.07, 6.45) is 2.09. The molecule has 0 heterocycles. The molecule has 138 valence electrons. The minimum Gasteiger partial charge on any atom is -0.347 e. The lowest BCUT2D eigenvalue weighted by molar-refractivity contribution is -0.384. The van der Waals surface area contributed by atoms with E-state index in [-0.39, 0.29) is 18.1 Å². The number of nitrogens with one attached hydrogen (secondary N) is 1. The Hall–Kier alpha value is -2.64. The maximum Gasteiger partial charge on any atom is 0.269 e. The molecule has 1 rings (SSSR count). The minimum atomic E-state index is -0.425. The molecule has 8 nitrogen and oxygen atoms in total.